The normalized spacial score (nSPS) is 13.2. The summed E-state index contributed by atoms with van der Waals surface area (Å²) < 4.78 is 18.1. The minimum atomic E-state index is -0.173. The van der Waals surface area contributed by atoms with E-state index in [9.17, 15) is 4.79 Å². The van der Waals surface area contributed by atoms with E-state index in [1.807, 2.05) is 39.9 Å². The molecule has 0 bridgehead atoms. The molecule has 2 heterocycles. The first-order chi connectivity index (χ1) is 14.1. The van der Waals surface area contributed by atoms with Crippen LogP contribution in [0.2, 0.25) is 0 Å². The second kappa shape index (κ2) is 7.90. The number of benzene rings is 1. The molecule has 0 unspecified atom stereocenters. The van der Waals surface area contributed by atoms with Crippen LogP contribution in [0.4, 0.5) is 10.5 Å². The number of fused-ring (bicyclic) bond motifs is 1. The Hall–Kier alpha value is -3.42. The van der Waals surface area contributed by atoms with Gasteiger partial charge in [0.1, 0.15) is 5.65 Å². The first-order valence-electron chi connectivity index (χ1n) is 9.43. The summed E-state index contributed by atoms with van der Waals surface area (Å²) in [5, 5.41) is 2.97. The van der Waals surface area contributed by atoms with E-state index in [1.54, 1.807) is 33.5 Å². The monoisotopic (exact) mass is 396 g/mol. The van der Waals surface area contributed by atoms with E-state index in [0.717, 1.165) is 24.2 Å². The molecule has 1 aromatic carbocycles. The van der Waals surface area contributed by atoms with Crippen LogP contribution >= 0.6 is 0 Å². The number of aromatic nitrogens is 2. The summed E-state index contributed by atoms with van der Waals surface area (Å²) in [5.74, 6) is 1.46. The highest BCUT2D eigenvalue weighted by atomic mass is 16.5. The molecule has 0 spiro atoms. The fourth-order valence-electron chi connectivity index (χ4n) is 3.38. The van der Waals surface area contributed by atoms with Crippen LogP contribution in [-0.4, -0.2) is 47.7 Å². The van der Waals surface area contributed by atoms with Gasteiger partial charge in [0, 0.05) is 24.4 Å². The highest BCUT2D eigenvalue weighted by Gasteiger charge is 2.33. The predicted octanol–water partition coefficient (Wildman–Crippen LogP) is 3.56. The number of hydrogen-bond acceptors (Lipinski definition) is 5. The molecular weight excluding hydrogens is 372 g/mol. The van der Waals surface area contributed by atoms with Gasteiger partial charge in [-0.05, 0) is 25.0 Å². The molecule has 2 amide bonds. The van der Waals surface area contributed by atoms with Crippen LogP contribution in [0.3, 0.4) is 0 Å². The molecule has 0 aliphatic heterocycles. The number of carbonyl (C=O) groups is 1. The second-order valence-electron chi connectivity index (χ2n) is 6.88. The van der Waals surface area contributed by atoms with Gasteiger partial charge in [-0.3, -0.25) is 0 Å². The number of nitrogens with one attached hydrogen (secondary N) is 1. The third-order valence-corrected chi connectivity index (χ3v) is 4.99. The Kier molecular flexibility index (Phi) is 5.16. The van der Waals surface area contributed by atoms with Gasteiger partial charge in [-0.25, -0.2) is 9.78 Å². The van der Waals surface area contributed by atoms with E-state index in [2.05, 4.69) is 10.3 Å². The lowest BCUT2D eigenvalue weighted by molar-refractivity contribution is 0.205. The molecule has 152 valence electrons. The quantitative estimate of drug-likeness (QED) is 0.661. The van der Waals surface area contributed by atoms with Crippen LogP contribution in [0.15, 0.2) is 42.7 Å². The zero-order valence-electron chi connectivity index (χ0n) is 16.7. The van der Waals surface area contributed by atoms with Crippen LogP contribution in [0, 0.1) is 0 Å². The van der Waals surface area contributed by atoms with Gasteiger partial charge in [0.15, 0.2) is 11.5 Å². The lowest BCUT2D eigenvalue weighted by Gasteiger charge is -2.23. The zero-order chi connectivity index (χ0) is 20.4. The van der Waals surface area contributed by atoms with Crippen molar-refractivity contribution in [3.05, 3.63) is 48.4 Å². The molecule has 4 rings (SSSR count). The fourth-order valence-corrected chi connectivity index (χ4v) is 3.38. The Bertz CT molecular complexity index is 1000. The van der Waals surface area contributed by atoms with Gasteiger partial charge >= 0.3 is 6.03 Å². The number of hydrogen-bond donors (Lipinski definition) is 1. The van der Waals surface area contributed by atoms with Crippen LogP contribution in [0.5, 0.6) is 17.2 Å². The topological polar surface area (TPSA) is 77.3 Å². The lowest BCUT2D eigenvalue weighted by atomic mass is 10.2. The number of carbonyl (C=O) groups excluding carboxylic acids is 1. The van der Waals surface area contributed by atoms with Gasteiger partial charge in [0.2, 0.25) is 5.75 Å². The number of imidazole rings is 1. The lowest BCUT2D eigenvalue weighted by Crippen LogP contribution is -2.36. The molecule has 1 saturated carbocycles. The molecule has 1 fully saturated rings. The predicted molar refractivity (Wildman–Crippen MR) is 109 cm³/mol. The average Bonchev–Trinajstić information content (AvgIpc) is 3.51. The van der Waals surface area contributed by atoms with Gasteiger partial charge < -0.3 is 28.8 Å². The van der Waals surface area contributed by atoms with Gasteiger partial charge in [0.25, 0.3) is 0 Å². The summed E-state index contributed by atoms with van der Waals surface area (Å²) in [4.78, 5) is 19.3. The Balaban J connectivity index is 1.57. The zero-order valence-corrected chi connectivity index (χ0v) is 16.7. The first kappa shape index (κ1) is 18.9. The van der Waals surface area contributed by atoms with E-state index in [4.69, 9.17) is 14.2 Å². The molecule has 1 aliphatic carbocycles. The third kappa shape index (κ3) is 3.78. The van der Waals surface area contributed by atoms with Gasteiger partial charge in [-0.1, -0.05) is 6.07 Å². The molecule has 0 saturated heterocycles. The number of methoxy groups -OCH3 is 3. The van der Waals surface area contributed by atoms with E-state index < -0.39 is 0 Å². The maximum absolute atomic E-state index is 13.1. The Morgan fingerprint density at radius 1 is 1.17 bits per heavy atom. The molecule has 8 nitrogen and oxygen atoms in total. The standard InChI is InChI=1S/C21H24N4O4/c1-27-17-10-14(11-18(28-2)20(17)29-3)23-21(26)25(15-7-8-15)13-16-12-22-19-6-4-5-9-24(16)19/h4-6,9-12,15H,7-8,13H2,1-3H3,(H,23,26). The van der Waals surface area contributed by atoms with Crippen molar-refractivity contribution in [3.8, 4) is 17.2 Å². The highest BCUT2D eigenvalue weighted by Crippen LogP contribution is 2.40. The largest absolute Gasteiger partial charge is 0.493 e. The summed E-state index contributed by atoms with van der Waals surface area (Å²) in [5.41, 5.74) is 2.41. The maximum Gasteiger partial charge on any atom is 0.322 e. The molecule has 3 aromatic rings. The van der Waals surface area contributed by atoms with Crippen molar-refractivity contribution < 1.29 is 19.0 Å². The van der Waals surface area contributed by atoms with Gasteiger partial charge in [-0.2, -0.15) is 0 Å². The Labute approximate surface area is 169 Å². The van der Waals surface area contributed by atoms with Crippen molar-refractivity contribution in [2.75, 3.05) is 26.6 Å². The number of anilines is 1. The van der Waals surface area contributed by atoms with Gasteiger partial charge in [-0.15, -0.1) is 0 Å². The van der Waals surface area contributed by atoms with Crippen molar-refractivity contribution in [1.82, 2.24) is 14.3 Å². The molecule has 0 atom stereocenters. The molecule has 29 heavy (non-hydrogen) atoms. The number of rotatable bonds is 7. The molecule has 8 heteroatoms. The van der Waals surface area contributed by atoms with E-state index in [0.29, 0.717) is 29.5 Å². The minimum absolute atomic E-state index is 0.173. The molecule has 1 N–H and O–H groups in total. The highest BCUT2D eigenvalue weighted by molar-refractivity contribution is 5.90. The van der Waals surface area contributed by atoms with Crippen molar-refractivity contribution in [2.45, 2.75) is 25.4 Å². The van der Waals surface area contributed by atoms with Crippen molar-refractivity contribution in [3.63, 3.8) is 0 Å². The van der Waals surface area contributed by atoms with Crippen LogP contribution in [0.1, 0.15) is 18.5 Å². The van der Waals surface area contributed by atoms with Crippen LogP contribution in [0.25, 0.3) is 5.65 Å². The fraction of sp³-hybridized carbons (Fsp3) is 0.333. The first-order valence-corrected chi connectivity index (χ1v) is 9.43. The summed E-state index contributed by atoms with van der Waals surface area (Å²) in [6, 6.07) is 9.34. The summed E-state index contributed by atoms with van der Waals surface area (Å²) in [6.45, 7) is 0.478. The molecule has 2 aromatic heterocycles. The number of pyridine rings is 1. The summed E-state index contributed by atoms with van der Waals surface area (Å²) in [7, 11) is 4.64. The van der Waals surface area contributed by atoms with Crippen molar-refractivity contribution in [2.24, 2.45) is 0 Å². The average molecular weight is 396 g/mol. The number of ether oxygens (including phenoxy) is 3. The third-order valence-electron chi connectivity index (χ3n) is 4.99. The van der Waals surface area contributed by atoms with E-state index in [1.165, 1.54) is 0 Å². The summed E-state index contributed by atoms with van der Waals surface area (Å²) in [6.07, 6.45) is 5.77. The number of nitrogens with zero attached hydrogens (tertiary/aromatic N) is 3. The van der Waals surface area contributed by atoms with Crippen molar-refractivity contribution in [1.29, 1.82) is 0 Å². The van der Waals surface area contributed by atoms with Crippen molar-refractivity contribution >= 4 is 17.4 Å². The smallest absolute Gasteiger partial charge is 0.322 e. The minimum Gasteiger partial charge on any atom is -0.493 e. The Morgan fingerprint density at radius 2 is 1.90 bits per heavy atom. The van der Waals surface area contributed by atoms with Crippen LogP contribution in [-0.2, 0) is 6.54 Å². The number of amides is 2. The molecule has 0 radical (unpaired) electrons. The molecular formula is C21H24N4O4. The maximum atomic E-state index is 13.1. The van der Waals surface area contributed by atoms with E-state index >= 15 is 0 Å². The SMILES string of the molecule is COc1cc(NC(=O)N(Cc2cnc3ccccn23)C2CC2)cc(OC)c1OC. The number of urea groups is 1. The molecule has 1 aliphatic rings. The van der Waals surface area contributed by atoms with Crippen LogP contribution < -0.4 is 19.5 Å². The van der Waals surface area contributed by atoms with E-state index in [-0.39, 0.29) is 12.1 Å². The van der Waals surface area contributed by atoms with Gasteiger partial charge in [0.05, 0.1) is 45.5 Å². The second-order valence-corrected chi connectivity index (χ2v) is 6.88. The Morgan fingerprint density at radius 3 is 2.52 bits per heavy atom. The summed E-state index contributed by atoms with van der Waals surface area (Å²) >= 11 is 0.